The number of rotatable bonds is 5. The van der Waals surface area contributed by atoms with Crippen molar-refractivity contribution >= 4 is 5.97 Å². The summed E-state index contributed by atoms with van der Waals surface area (Å²) in [5.74, 6) is -0.889. The third-order valence-corrected chi connectivity index (χ3v) is 2.47. The van der Waals surface area contributed by atoms with Crippen LogP contribution in [0.15, 0.2) is 12.2 Å². The Morgan fingerprint density at radius 2 is 2.13 bits per heavy atom. The number of ether oxygens (including phenoxy) is 1. The maximum Gasteiger partial charge on any atom is 0.329 e. The van der Waals surface area contributed by atoms with Crippen molar-refractivity contribution in [2.45, 2.75) is 25.9 Å². The standard InChI is InChI=1S/C11H19NO3/c1-9(2)7-12-5-3-10(4-6-12)15-8-11(13)14/h10H,1,3-8H2,2H3,(H,13,14). The van der Waals surface area contributed by atoms with Gasteiger partial charge in [-0.05, 0) is 19.8 Å². The van der Waals surface area contributed by atoms with Gasteiger partial charge >= 0.3 is 5.97 Å². The van der Waals surface area contributed by atoms with Crippen LogP contribution < -0.4 is 0 Å². The molecule has 0 atom stereocenters. The van der Waals surface area contributed by atoms with E-state index in [2.05, 4.69) is 11.5 Å². The summed E-state index contributed by atoms with van der Waals surface area (Å²) in [7, 11) is 0. The summed E-state index contributed by atoms with van der Waals surface area (Å²) in [4.78, 5) is 12.6. The highest BCUT2D eigenvalue weighted by Gasteiger charge is 2.19. The fourth-order valence-corrected chi connectivity index (χ4v) is 1.80. The van der Waals surface area contributed by atoms with Crippen LogP contribution >= 0.6 is 0 Å². The largest absolute Gasteiger partial charge is 0.480 e. The van der Waals surface area contributed by atoms with Crippen LogP contribution in [0, 0.1) is 0 Å². The third kappa shape index (κ3) is 4.95. The smallest absolute Gasteiger partial charge is 0.329 e. The zero-order valence-electron chi connectivity index (χ0n) is 9.24. The van der Waals surface area contributed by atoms with Crippen molar-refractivity contribution in [2.24, 2.45) is 0 Å². The molecule has 0 amide bonds. The molecule has 0 aliphatic carbocycles. The lowest BCUT2D eigenvalue weighted by Crippen LogP contribution is -2.38. The number of carboxylic acids is 1. The van der Waals surface area contributed by atoms with Gasteiger partial charge in [-0.3, -0.25) is 4.90 Å². The lowest BCUT2D eigenvalue weighted by molar-refractivity contribution is -0.145. The zero-order chi connectivity index (χ0) is 11.3. The van der Waals surface area contributed by atoms with Crippen LogP contribution in [-0.2, 0) is 9.53 Å². The molecule has 0 bridgehead atoms. The normalized spacial score (nSPS) is 19.0. The zero-order valence-corrected chi connectivity index (χ0v) is 9.24. The summed E-state index contributed by atoms with van der Waals surface area (Å²) >= 11 is 0. The molecule has 4 heteroatoms. The van der Waals surface area contributed by atoms with Crippen LogP contribution in [-0.4, -0.2) is 48.3 Å². The van der Waals surface area contributed by atoms with Crippen LogP contribution in [0.5, 0.6) is 0 Å². The molecule has 4 nitrogen and oxygen atoms in total. The van der Waals surface area contributed by atoms with Gasteiger partial charge in [0.2, 0.25) is 0 Å². The van der Waals surface area contributed by atoms with Crippen LogP contribution in [0.25, 0.3) is 0 Å². The first-order chi connectivity index (χ1) is 7.08. The molecule has 15 heavy (non-hydrogen) atoms. The first-order valence-corrected chi connectivity index (χ1v) is 5.28. The second-order valence-electron chi connectivity index (χ2n) is 4.14. The molecule has 1 aliphatic heterocycles. The molecule has 0 radical (unpaired) electrons. The molecule has 0 spiro atoms. The Hall–Kier alpha value is -0.870. The van der Waals surface area contributed by atoms with E-state index in [1.165, 1.54) is 5.57 Å². The van der Waals surface area contributed by atoms with E-state index in [9.17, 15) is 4.79 Å². The highest BCUT2D eigenvalue weighted by molar-refractivity contribution is 5.68. The lowest BCUT2D eigenvalue weighted by atomic mass is 10.1. The summed E-state index contributed by atoms with van der Waals surface area (Å²) in [5.41, 5.74) is 1.17. The molecular formula is C11H19NO3. The molecule has 1 fully saturated rings. The van der Waals surface area contributed by atoms with Gasteiger partial charge in [0, 0.05) is 19.6 Å². The molecule has 1 aliphatic rings. The van der Waals surface area contributed by atoms with E-state index in [0.717, 1.165) is 32.5 Å². The van der Waals surface area contributed by atoms with Crippen molar-refractivity contribution in [3.8, 4) is 0 Å². The third-order valence-electron chi connectivity index (χ3n) is 2.47. The number of hydrogen-bond acceptors (Lipinski definition) is 3. The molecule has 0 saturated carbocycles. The predicted molar refractivity (Wildman–Crippen MR) is 57.9 cm³/mol. The predicted octanol–water partition coefficient (Wildman–Crippen LogP) is 1.13. The minimum atomic E-state index is -0.889. The SMILES string of the molecule is C=C(C)CN1CCC(OCC(=O)O)CC1. The Bertz CT molecular complexity index is 232. The van der Waals surface area contributed by atoms with E-state index in [-0.39, 0.29) is 12.7 Å². The van der Waals surface area contributed by atoms with Crippen LogP contribution in [0.2, 0.25) is 0 Å². The molecule has 0 aromatic carbocycles. The Kier molecular flexibility index (Phi) is 4.78. The summed E-state index contributed by atoms with van der Waals surface area (Å²) in [6, 6.07) is 0. The average molecular weight is 213 g/mol. The van der Waals surface area contributed by atoms with Gasteiger partial charge in [0.25, 0.3) is 0 Å². The summed E-state index contributed by atoms with van der Waals surface area (Å²) in [6.07, 6.45) is 1.95. The minimum Gasteiger partial charge on any atom is -0.480 e. The van der Waals surface area contributed by atoms with Gasteiger partial charge in [-0.1, -0.05) is 12.2 Å². The fraction of sp³-hybridized carbons (Fsp3) is 0.727. The van der Waals surface area contributed by atoms with Crippen molar-refractivity contribution < 1.29 is 14.6 Å². The molecule has 86 valence electrons. The quantitative estimate of drug-likeness (QED) is 0.695. The van der Waals surface area contributed by atoms with Crippen molar-refractivity contribution in [3.05, 3.63) is 12.2 Å². The van der Waals surface area contributed by atoms with Crippen molar-refractivity contribution in [1.82, 2.24) is 4.90 Å². The number of nitrogens with zero attached hydrogens (tertiary/aromatic N) is 1. The Labute approximate surface area is 90.5 Å². The second-order valence-corrected chi connectivity index (χ2v) is 4.14. The molecule has 0 aromatic rings. The maximum atomic E-state index is 10.3. The number of carboxylic acid groups (broad SMARTS) is 1. The summed E-state index contributed by atoms with van der Waals surface area (Å²) < 4.78 is 5.25. The van der Waals surface area contributed by atoms with Crippen LogP contribution in [0.4, 0.5) is 0 Å². The topological polar surface area (TPSA) is 49.8 Å². The van der Waals surface area contributed by atoms with Gasteiger partial charge < -0.3 is 9.84 Å². The average Bonchev–Trinajstić information content (AvgIpc) is 2.16. The van der Waals surface area contributed by atoms with Gasteiger partial charge in [0.1, 0.15) is 6.61 Å². The minimum absolute atomic E-state index is 0.113. The Morgan fingerprint density at radius 1 is 1.53 bits per heavy atom. The van der Waals surface area contributed by atoms with Crippen LogP contribution in [0.1, 0.15) is 19.8 Å². The van der Waals surface area contributed by atoms with Gasteiger partial charge in [-0.15, -0.1) is 0 Å². The van der Waals surface area contributed by atoms with Crippen LogP contribution in [0.3, 0.4) is 0 Å². The second kappa shape index (κ2) is 5.88. The summed E-state index contributed by atoms with van der Waals surface area (Å²) in [5, 5.41) is 8.47. The number of hydrogen-bond donors (Lipinski definition) is 1. The number of carbonyl (C=O) groups is 1. The molecule has 0 aromatic heterocycles. The van der Waals surface area contributed by atoms with E-state index >= 15 is 0 Å². The van der Waals surface area contributed by atoms with E-state index in [0.29, 0.717) is 0 Å². The van der Waals surface area contributed by atoms with E-state index in [1.807, 2.05) is 6.92 Å². The first kappa shape index (κ1) is 12.2. The van der Waals surface area contributed by atoms with Gasteiger partial charge in [0.05, 0.1) is 6.10 Å². The van der Waals surface area contributed by atoms with E-state index in [1.54, 1.807) is 0 Å². The molecule has 1 N–H and O–H groups in total. The molecule has 0 unspecified atom stereocenters. The van der Waals surface area contributed by atoms with Gasteiger partial charge in [-0.2, -0.15) is 0 Å². The van der Waals surface area contributed by atoms with Crippen molar-refractivity contribution in [2.75, 3.05) is 26.2 Å². The number of likely N-dealkylation sites (tertiary alicyclic amines) is 1. The number of piperidine rings is 1. The van der Waals surface area contributed by atoms with Crippen molar-refractivity contribution in [3.63, 3.8) is 0 Å². The molecule has 1 heterocycles. The Morgan fingerprint density at radius 3 is 2.60 bits per heavy atom. The fourth-order valence-electron chi connectivity index (χ4n) is 1.80. The van der Waals surface area contributed by atoms with Crippen molar-refractivity contribution in [1.29, 1.82) is 0 Å². The molecule has 1 rings (SSSR count). The lowest BCUT2D eigenvalue weighted by Gasteiger charge is -2.31. The van der Waals surface area contributed by atoms with E-state index in [4.69, 9.17) is 9.84 Å². The molecule has 1 saturated heterocycles. The summed E-state index contributed by atoms with van der Waals surface area (Å²) in [6.45, 7) is 8.60. The molecular weight excluding hydrogens is 194 g/mol. The monoisotopic (exact) mass is 213 g/mol. The maximum absolute atomic E-state index is 10.3. The first-order valence-electron chi connectivity index (χ1n) is 5.28. The van der Waals surface area contributed by atoms with E-state index < -0.39 is 5.97 Å². The van der Waals surface area contributed by atoms with Gasteiger partial charge in [-0.25, -0.2) is 4.79 Å². The number of aliphatic carboxylic acids is 1. The highest BCUT2D eigenvalue weighted by Crippen LogP contribution is 2.14. The van der Waals surface area contributed by atoms with Gasteiger partial charge in [0.15, 0.2) is 0 Å². The highest BCUT2D eigenvalue weighted by atomic mass is 16.5. The Balaban J connectivity index is 2.18.